The molecule has 4 N–H and O–H groups in total. The van der Waals surface area contributed by atoms with Crippen molar-refractivity contribution in [2.75, 3.05) is 11.9 Å². The molecule has 0 radical (unpaired) electrons. The number of aliphatic hydroxyl groups is 1. The predicted molar refractivity (Wildman–Crippen MR) is 74.8 cm³/mol. The van der Waals surface area contributed by atoms with Crippen LogP contribution < -0.4 is 16.4 Å². The number of nitrogens with one attached hydrogen (secondary N) is 3. The summed E-state index contributed by atoms with van der Waals surface area (Å²) in [6.45, 7) is 0.0673. The van der Waals surface area contributed by atoms with Crippen molar-refractivity contribution in [3.8, 4) is 0 Å². The summed E-state index contributed by atoms with van der Waals surface area (Å²) in [6, 6.07) is 4.83. The van der Waals surface area contributed by atoms with E-state index in [2.05, 4.69) is 15.3 Å². The van der Waals surface area contributed by atoms with E-state index < -0.39 is 11.1 Å². The molecule has 0 saturated heterocycles. The second kappa shape index (κ2) is 6.16. The van der Waals surface area contributed by atoms with Crippen LogP contribution in [-0.2, 0) is 4.79 Å². The molecule has 2 rings (SSSR count). The van der Waals surface area contributed by atoms with E-state index >= 15 is 0 Å². The highest BCUT2D eigenvalue weighted by Gasteiger charge is 2.04. The average molecular weight is 277 g/mol. The third-order valence-electron chi connectivity index (χ3n) is 2.82. The first kappa shape index (κ1) is 14.0. The number of anilines is 1. The van der Waals surface area contributed by atoms with Crippen LogP contribution in [0.4, 0.5) is 5.69 Å². The normalized spacial score (nSPS) is 10.7. The van der Waals surface area contributed by atoms with Crippen molar-refractivity contribution in [1.82, 2.24) is 9.97 Å². The number of fused-ring (bicyclic) bond motifs is 1. The van der Waals surface area contributed by atoms with Gasteiger partial charge in [0, 0.05) is 18.7 Å². The van der Waals surface area contributed by atoms with Gasteiger partial charge in [0.1, 0.15) is 0 Å². The molecular weight excluding hydrogens is 262 g/mol. The Balaban J connectivity index is 2.15. The van der Waals surface area contributed by atoms with Gasteiger partial charge < -0.3 is 20.4 Å². The highest BCUT2D eigenvalue weighted by Crippen LogP contribution is 2.14. The van der Waals surface area contributed by atoms with Gasteiger partial charge in [-0.25, -0.2) is 0 Å². The van der Waals surface area contributed by atoms with Crippen molar-refractivity contribution in [3.05, 3.63) is 38.9 Å². The number of aliphatic hydroxyl groups excluding tert-OH is 1. The Bertz CT molecular complexity index is 732. The number of H-pyrrole nitrogens is 2. The minimum Gasteiger partial charge on any atom is -0.396 e. The Morgan fingerprint density at radius 3 is 2.50 bits per heavy atom. The van der Waals surface area contributed by atoms with Crippen molar-refractivity contribution in [1.29, 1.82) is 0 Å². The maximum absolute atomic E-state index is 11.6. The summed E-state index contributed by atoms with van der Waals surface area (Å²) in [5.74, 6) is -0.162. The summed E-state index contributed by atoms with van der Waals surface area (Å²) in [5.41, 5.74) is 0.0343. The maximum Gasteiger partial charge on any atom is 0.314 e. The van der Waals surface area contributed by atoms with E-state index in [9.17, 15) is 14.4 Å². The van der Waals surface area contributed by atoms with Crippen LogP contribution >= 0.6 is 0 Å². The average Bonchev–Trinajstić information content (AvgIpc) is 2.41. The van der Waals surface area contributed by atoms with Gasteiger partial charge in [0.05, 0.1) is 11.0 Å². The SMILES string of the molecule is O=C(CCCCO)Nc1ccc2[nH]c(=O)c(=O)[nH]c2c1. The van der Waals surface area contributed by atoms with E-state index in [1.807, 2.05) is 0 Å². The largest absolute Gasteiger partial charge is 0.396 e. The smallest absolute Gasteiger partial charge is 0.314 e. The molecule has 0 fully saturated rings. The van der Waals surface area contributed by atoms with E-state index in [4.69, 9.17) is 5.11 Å². The van der Waals surface area contributed by atoms with Gasteiger partial charge in [0.2, 0.25) is 5.91 Å². The third kappa shape index (κ3) is 3.33. The first-order valence-corrected chi connectivity index (χ1v) is 6.27. The fraction of sp³-hybridized carbons (Fsp3) is 0.308. The molecule has 20 heavy (non-hydrogen) atoms. The molecule has 1 aromatic carbocycles. The van der Waals surface area contributed by atoms with Gasteiger partial charge in [0.15, 0.2) is 0 Å². The molecule has 0 aliphatic heterocycles. The first-order chi connectivity index (χ1) is 9.60. The molecular formula is C13H15N3O4. The van der Waals surface area contributed by atoms with Gasteiger partial charge in [-0.05, 0) is 31.0 Å². The van der Waals surface area contributed by atoms with E-state index in [0.29, 0.717) is 36.0 Å². The van der Waals surface area contributed by atoms with Gasteiger partial charge in [-0.1, -0.05) is 0 Å². The lowest BCUT2D eigenvalue weighted by Crippen LogP contribution is -2.28. The molecule has 1 amide bonds. The van der Waals surface area contributed by atoms with Gasteiger partial charge in [0.25, 0.3) is 0 Å². The number of carbonyl (C=O) groups excluding carboxylic acids is 1. The molecule has 2 aromatic rings. The maximum atomic E-state index is 11.6. The number of carbonyl (C=O) groups is 1. The number of hydrogen-bond acceptors (Lipinski definition) is 4. The lowest BCUT2D eigenvalue weighted by atomic mass is 10.2. The summed E-state index contributed by atoms with van der Waals surface area (Å²) in [6.07, 6.45) is 1.51. The fourth-order valence-corrected chi connectivity index (χ4v) is 1.81. The number of hydrogen-bond donors (Lipinski definition) is 4. The van der Waals surface area contributed by atoms with Crippen LogP contribution in [0.25, 0.3) is 11.0 Å². The lowest BCUT2D eigenvalue weighted by Gasteiger charge is -2.06. The highest BCUT2D eigenvalue weighted by atomic mass is 16.3. The summed E-state index contributed by atoms with van der Waals surface area (Å²) in [4.78, 5) is 38.9. The fourth-order valence-electron chi connectivity index (χ4n) is 1.81. The molecule has 1 aromatic heterocycles. The zero-order valence-corrected chi connectivity index (χ0v) is 10.7. The Morgan fingerprint density at radius 1 is 1.10 bits per heavy atom. The van der Waals surface area contributed by atoms with Crippen LogP contribution in [0.1, 0.15) is 19.3 Å². The zero-order chi connectivity index (χ0) is 14.5. The standard InChI is InChI=1S/C13H15N3O4/c17-6-2-1-3-11(18)14-8-4-5-9-10(7-8)16-13(20)12(19)15-9/h4-5,7,17H,1-3,6H2,(H,14,18)(H,15,19)(H,16,20). The molecule has 1 heterocycles. The molecule has 7 nitrogen and oxygen atoms in total. The number of aromatic nitrogens is 2. The quantitative estimate of drug-likeness (QED) is 0.465. The monoisotopic (exact) mass is 277 g/mol. The first-order valence-electron chi connectivity index (χ1n) is 6.27. The lowest BCUT2D eigenvalue weighted by molar-refractivity contribution is -0.116. The van der Waals surface area contributed by atoms with Crippen molar-refractivity contribution < 1.29 is 9.90 Å². The van der Waals surface area contributed by atoms with Crippen LogP contribution in [0.2, 0.25) is 0 Å². The van der Waals surface area contributed by atoms with Crippen LogP contribution in [0.5, 0.6) is 0 Å². The Labute approximate surface area is 113 Å². The van der Waals surface area contributed by atoms with Gasteiger partial charge in [-0.15, -0.1) is 0 Å². The zero-order valence-electron chi connectivity index (χ0n) is 10.7. The summed E-state index contributed by atoms with van der Waals surface area (Å²) in [7, 11) is 0. The number of benzene rings is 1. The number of amides is 1. The number of unbranched alkanes of at least 4 members (excludes halogenated alkanes) is 1. The molecule has 0 atom stereocenters. The molecule has 7 heteroatoms. The second-order valence-corrected chi connectivity index (χ2v) is 4.40. The Kier molecular flexibility index (Phi) is 4.31. The van der Waals surface area contributed by atoms with Crippen LogP contribution in [0.15, 0.2) is 27.8 Å². The van der Waals surface area contributed by atoms with Crippen molar-refractivity contribution in [3.63, 3.8) is 0 Å². The molecule has 0 spiro atoms. The van der Waals surface area contributed by atoms with Crippen LogP contribution in [-0.4, -0.2) is 27.6 Å². The number of rotatable bonds is 5. The highest BCUT2D eigenvalue weighted by molar-refractivity contribution is 5.92. The van der Waals surface area contributed by atoms with Gasteiger partial charge in [-0.2, -0.15) is 0 Å². The third-order valence-corrected chi connectivity index (χ3v) is 2.82. The van der Waals surface area contributed by atoms with E-state index in [1.54, 1.807) is 18.2 Å². The van der Waals surface area contributed by atoms with Gasteiger partial charge in [-0.3, -0.25) is 14.4 Å². The van der Waals surface area contributed by atoms with Crippen LogP contribution in [0, 0.1) is 0 Å². The predicted octanol–water partition coefficient (Wildman–Crippen LogP) is 0.317. The Hall–Kier alpha value is -2.41. The molecule has 0 bridgehead atoms. The molecule has 0 saturated carbocycles. The molecule has 0 aliphatic carbocycles. The number of aromatic amines is 2. The van der Waals surface area contributed by atoms with Crippen molar-refractivity contribution in [2.24, 2.45) is 0 Å². The summed E-state index contributed by atoms with van der Waals surface area (Å²) < 4.78 is 0. The summed E-state index contributed by atoms with van der Waals surface area (Å²) in [5, 5.41) is 11.3. The van der Waals surface area contributed by atoms with Crippen LogP contribution in [0.3, 0.4) is 0 Å². The van der Waals surface area contributed by atoms with Crippen molar-refractivity contribution in [2.45, 2.75) is 19.3 Å². The Morgan fingerprint density at radius 2 is 1.80 bits per heavy atom. The van der Waals surface area contributed by atoms with E-state index in [0.717, 1.165) is 0 Å². The van der Waals surface area contributed by atoms with E-state index in [-0.39, 0.29) is 12.5 Å². The molecule has 0 aliphatic rings. The summed E-state index contributed by atoms with van der Waals surface area (Å²) >= 11 is 0. The minimum atomic E-state index is -0.732. The molecule has 0 unspecified atom stereocenters. The minimum absolute atomic E-state index is 0.0673. The van der Waals surface area contributed by atoms with Crippen molar-refractivity contribution >= 4 is 22.6 Å². The molecule has 106 valence electrons. The van der Waals surface area contributed by atoms with E-state index in [1.165, 1.54) is 0 Å². The topological polar surface area (TPSA) is 115 Å². The second-order valence-electron chi connectivity index (χ2n) is 4.40. The van der Waals surface area contributed by atoms with Gasteiger partial charge >= 0.3 is 11.1 Å².